The molecule has 4 aliphatic rings. The van der Waals surface area contributed by atoms with Gasteiger partial charge in [-0.1, -0.05) is 133 Å². The third kappa shape index (κ3) is 3.68. The van der Waals surface area contributed by atoms with E-state index in [9.17, 15) is 0 Å². The van der Waals surface area contributed by atoms with E-state index >= 15 is 0 Å². The quantitative estimate of drug-likeness (QED) is 0.181. The summed E-state index contributed by atoms with van der Waals surface area (Å²) in [7, 11) is 0. The van der Waals surface area contributed by atoms with Crippen molar-refractivity contribution in [3.63, 3.8) is 0 Å². The Morgan fingerprint density at radius 1 is 0.558 bits per heavy atom. The highest BCUT2D eigenvalue weighted by atomic mass is 32.1. The lowest BCUT2D eigenvalue weighted by Gasteiger charge is -2.33. The van der Waals surface area contributed by atoms with Gasteiger partial charge in [0.2, 0.25) is 0 Å². The number of hydrogen-bond donors (Lipinski definition) is 0. The van der Waals surface area contributed by atoms with Crippen molar-refractivity contribution >= 4 is 31.5 Å². The molecule has 3 heteroatoms. The number of rotatable bonds is 2. The number of hydrogen-bond acceptors (Lipinski definition) is 3. The van der Waals surface area contributed by atoms with Crippen molar-refractivity contribution in [2.24, 2.45) is 0 Å². The number of ether oxygens (including phenoxy) is 2. The van der Waals surface area contributed by atoms with E-state index in [-0.39, 0.29) is 6.10 Å². The minimum absolute atomic E-state index is 0.125. The molecule has 1 atom stereocenters. The van der Waals surface area contributed by atoms with E-state index in [0.29, 0.717) is 0 Å². The van der Waals surface area contributed by atoms with Crippen molar-refractivity contribution in [1.82, 2.24) is 0 Å². The molecule has 1 unspecified atom stereocenters. The Bertz CT molecular complexity index is 2860. The van der Waals surface area contributed by atoms with Crippen molar-refractivity contribution in [2.75, 3.05) is 0 Å². The van der Waals surface area contributed by atoms with Crippen LogP contribution < -0.4 is 9.47 Å². The molecule has 1 aliphatic heterocycles. The van der Waals surface area contributed by atoms with Crippen LogP contribution >= 0.6 is 11.3 Å². The molecule has 0 saturated heterocycles. The van der Waals surface area contributed by atoms with Crippen molar-refractivity contribution in [3.05, 3.63) is 192 Å². The van der Waals surface area contributed by atoms with Gasteiger partial charge in [0.25, 0.3) is 0 Å². The molecule has 0 bridgehead atoms. The van der Waals surface area contributed by atoms with Crippen LogP contribution in [0.2, 0.25) is 0 Å². The Balaban J connectivity index is 1.09. The summed E-state index contributed by atoms with van der Waals surface area (Å²) < 4.78 is 16.1. The number of fused-ring (bicyclic) bond motifs is 16. The Morgan fingerprint density at radius 3 is 2.17 bits per heavy atom. The van der Waals surface area contributed by atoms with Crippen molar-refractivity contribution in [3.8, 4) is 56.0 Å². The van der Waals surface area contributed by atoms with E-state index in [1.54, 1.807) is 0 Å². The summed E-state index contributed by atoms with van der Waals surface area (Å²) in [6, 6.07) is 54.0. The molecular weight excluding hydrogens is 653 g/mol. The SMILES string of the molecule is C1=CCC2Oc3c(ccc4c3-c3ccc(-c5cccc(-c6cccc7c6sc6ccccc67)c5)cc3C43c4ccccc4-c4ccccc43)OC2=C1. The average molecular weight is 683 g/mol. The van der Waals surface area contributed by atoms with Gasteiger partial charge in [-0.05, 0) is 91.5 Å². The fraction of sp³-hybridized carbons (Fsp3) is 0.0612. The van der Waals surface area contributed by atoms with Gasteiger partial charge in [-0.15, -0.1) is 11.3 Å². The van der Waals surface area contributed by atoms with Gasteiger partial charge < -0.3 is 9.47 Å². The summed E-state index contributed by atoms with van der Waals surface area (Å²) in [6.45, 7) is 0. The first kappa shape index (κ1) is 28.5. The molecule has 2 heterocycles. The molecule has 3 aliphatic carbocycles. The topological polar surface area (TPSA) is 18.5 Å². The average Bonchev–Trinajstić information content (AvgIpc) is 3.84. The van der Waals surface area contributed by atoms with Crippen LogP contribution in [0.1, 0.15) is 28.7 Å². The molecule has 0 fully saturated rings. The number of thiophene rings is 1. The first-order valence-electron chi connectivity index (χ1n) is 18.0. The molecule has 8 aromatic rings. The molecule has 7 aromatic carbocycles. The normalized spacial score (nSPS) is 16.7. The zero-order valence-electron chi connectivity index (χ0n) is 28.1. The van der Waals surface area contributed by atoms with Crippen LogP contribution in [-0.2, 0) is 5.41 Å². The molecule has 0 N–H and O–H groups in total. The molecular formula is C49H30O2S. The zero-order chi connectivity index (χ0) is 34.0. The maximum Gasteiger partial charge on any atom is 0.171 e. The summed E-state index contributed by atoms with van der Waals surface area (Å²) in [4.78, 5) is 0. The molecule has 0 saturated carbocycles. The predicted molar refractivity (Wildman–Crippen MR) is 213 cm³/mol. The van der Waals surface area contributed by atoms with Crippen LogP contribution in [0, 0.1) is 0 Å². The van der Waals surface area contributed by atoms with Gasteiger partial charge in [-0.3, -0.25) is 0 Å². The van der Waals surface area contributed by atoms with E-state index in [1.807, 2.05) is 17.4 Å². The molecule has 1 aromatic heterocycles. The molecule has 52 heavy (non-hydrogen) atoms. The summed E-state index contributed by atoms with van der Waals surface area (Å²) in [5, 5.41) is 2.64. The maximum absolute atomic E-state index is 6.91. The highest BCUT2D eigenvalue weighted by Gasteiger charge is 2.53. The van der Waals surface area contributed by atoms with Crippen LogP contribution in [0.15, 0.2) is 170 Å². The molecule has 244 valence electrons. The first-order chi connectivity index (χ1) is 25.8. The van der Waals surface area contributed by atoms with Crippen LogP contribution in [0.5, 0.6) is 11.5 Å². The minimum Gasteiger partial charge on any atom is -0.478 e. The molecule has 1 spiro atoms. The number of allylic oxidation sites excluding steroid dienone is 2. The second kappa shape index (κ2) is 10.4. The Morgan fingerprint density at radius 2 is 1.29 bits per heavy atom. The summed E-state index contributed by atoms with van der Waals surface area (Å²) in [5.41, 5.74) is 14.5. The summed E-state index contributed by atoms with van der Waals surface area (Å²) in [6.07, 6.45) is 6.92. The maximum atomic E-state index is 6.91. The molecule has 12 rings (SSSR count). The third-order valence-corrected chi connectivity index (χ3v) is 12.9. The summed E-state index contributed by atoms with van der Waals surface area (Å²) >= 11 is 1.88. The highest BCUT2D eigenvalue weighted by molar-refractivity contribution is 7.26. The lowest BCUT2D eigenvalue weighted by atomic mass is 9.70. The van der Waals surface area contributed by atoms with Crippen LogP contribution in [0.3, 0.4) is 0 Å². The zero-order valence-corrected chi connectivity index (χ0v) is 28.9. The standard InChI is InChI=1S/C49H30O2S/c1-4-18-38-33(13-1)34-14-2-5-19-39(34)49(38)40-25-26-44-47(51-43-21-7-6-20-42(43)50-44)46(40)37-24-23-30(28-41(37)49)29-11-9-12-31(27-29)32-16-10-17-36-35-15-3-8-22-45(35)52-48(32)36/h1-20,22-28,43H,21H2. The van der Waals surface area contributed by atoms with Crippen molar-refractivity contribution in [1.29, 1.82) is 0 Å². The Hall–Kier alpha value is -6.16. The van der Waals surface area contributed by atoms with Gasteiger partial charge in [-0.25, -0.2) is 0 Å². The van der Waals surface area contributed by atoms with Gasteiger partial charge >= 0.3 is 0 Å². The second-order valence-corrected chi connectivity index (χ2v) is 15.3. The molecule has 0 amide bonds. The predicted octanol–water partition coefficient (Wildman–Crippen LogP) is 12.7. The highest BCUT2D eigenvalue weighted by Crippen LogP contribution is 2.66. The third-order valence-electron chi connectivity index (χ3n) is 11.6. The Kier molecular flexibility index (Phi) is 5.73. The van der Waals surface area contributed by atoms with Gasteiger partial charge in [-0.2, -0.15) is 0 Å². The van der Waals surface area contributed by atoms with Gasteiger partial charge in [0.15, 0.2) is 17.6 Å². The number of benzene rings is 7. The van der Waals surface area contributed by atoms with E-state index < -0.39 is 5.41 Å². The smallest absolute Gasteiger partial charge is 0.171 e. The minimum atomic E-state index is -0.491. The monoisotopic (exact) mass is 682 g/mol. The van der Waals surface area contributed by atoms with E-state index in [0.717, 1.165) is 29.2 Å². The Labute approximate surface area is 305 Å². The van der Waals surface area contributed by atoms with Gasteiger partial charge in [0, 0.05) is 32.2 Å². The molecule has 0 radical (unpaired) electrons. The lowest BCUT2D eigenvalue weighted by Crippen LogP contribution is -2.29. The van der Waals surface area contributed by atoms with Crippen LogP contribution in [0.25, 0.3) is 64.7 Å². The van der Waals surface area contributed by atoms with Gasteiger partial charge in [0.1, 0.15) is 5.76 Å². The van der Waals surface area contributed by atoms with Crippen LogP contribution in [0.4, 0.5) is 0 Å². The lowest BCUT2D eigenvalue weighted by molar-refractivity contribution is 0.148. The van der Waals surface area contributed by atoms with Gasteiger partial charge in [0.05, 0.1) is 5.41 Å². The largest absolute Gasteiger partial charge is 0.478 e. The fourth-order valence-corrected chi connectivity index (χ4v) is 10.7. The first-order valence-corrected chi connectivity index (χ1v) is 18.8. The fourth-order valence-electron chi connectivity index (χ4n) is 9.46. The van der Waals surface area contributed by atoms with Crippen molar-refractivity contribution in [2.45, 2.75) is 17.9 Å². The van der Waals surface area contributed by atoms with E-state index in [1.165, 1.54) is 81.4 Å². The van der Waals surface area contributed by atoms with E-state index in [2.05, 4.69) is 158 Å². The van der Waals surface area contributed by atoms with Crippen molar-refractivity contribution < 1.29 is 9.47 Å². The second-order valence-electron chi connectivity index (χ2n) is 14.2. The summed E-state index contributed by atoms with van der Waals surface area (Å²) in [5.74, 6) is 2.51. The van der Waals surface area contributed by atoms with E-state index in [4.69, 9.17) is 9.47 Å². The molecule has 2 nitrogen and oxygen atoms in total. The van der Waals surface area contributed by atoms with Crippen LogP contribution in [-0.4, -0.2) is 6.10 Å².